The second-order valence-electron chi connectivity index (χ2n) is 7.58. The molecule has 2 fully saturated rings. The van der Waals surface area contributed by atoms with Crippen LogP contribution in [0.5, 0.6) is 0 Å². The van der Waals surface area contributed by atoms with Gasteiger partial charge in [0.15, 0.2) is 0 Å². The molecule has 1 aliphatic carbocycles. The minimum Gasteiger partial charge on any atom is -0.467 e. The predicted molar refractivity (Wildman–Crippen MR) is 99.7 cm³/mol. The molecule has 1 aromatic heterocycles. The van der Waals surface area contributed by atoms with Gasteiger partial charge in [0.05, 0.1) is 25.1 Å². The summed E-state index contributed by atoms with van der Waals surface area (Å²) in [4.78, 5) is 27.3. The van der Waals surface area contributed by atoms with Crippen LogP contribution in [0.1, 0.15) is 43.4 Å². The fourth-order valence-electron chi connectivity index (χ4n) is 4.42. The van der Waals surface area contributed by atoms with Crippen LogP contribution < -0.4 is 0 Å². The van der Waals surface area contributed by atoms with Gasteiger partial charge in [-0.1, -0.05) is 30.3 Å². The first-order valence-corrected chi connectivity index (χ1v) is 9.73. The molecule has 0 bridgehead atoms. The van der Waals surface area contributed by atoms with Crippen LogP contribution in [0.15, 0.2) is 53.1 Å². The van der Waals surface area contributed by atoms with Crippen molar-refractivity contribution in [1.82, 2.24) is 4.90 Å². The summed E-state index contributed by atoms with van der Waals surface area (Å²) in [6.07, 6.45) is 6.19. The van der Waals surface area contributed by atoms with Crippen molar-refractivity contribution >= 4 is 11.9 Å². The molecule has 4 rings (SSSR count). The molecule has 2 aliphatic rings. The van der Waals surface area contributed by atoms with Crippen LogP contribution in [-0.4, -0.2) is 28.9 Å². The van der Waals surface area contributed by atoms with E-state index in [1.807, 2.05) is 35.2 Å². The van der Waals surface area contributed by atoms with Gasteiger partial charge in [-0.25, -0.2) is 0 Å². The zero-order valence-corrected chi connectivity index (χ0v) is 15.4. The summed E-state index contributed by atoms with van der Waals surface area (Å²) < 4.78 is 11.2. The molecule has 1 saturated heterocycles. The highest BCUT2D eigenvalue weighted by atomic mass is 16.6. The average molecular weight is 367 g/mol. The largest absolute Gasteiger partial charge is 0.467 e. The molecule has 0 N–H and O–H groups in total. The smallest absolute Gasteiger partial charge is 0.307 e. The van der Waals surface area contributed by atoms with Crippen molar-refractivity contribution in [2.75, 3.05) is 6.54 Å². The Morgan fingerprint density at radius 1 is 1.11 bits per heavy atom. The molecule has 5 heteroatoms. The first-order valence-electron chi connectivity index (χ1n) is 9.73. The molecule has 2 heterocycles. The van der Waals surface area contributed by atoms with Crippen molar-refractivity contribution in [3.63, 3.8) is 0 Å². The normalized spacial score (nSPS) is 20.7. The molecule has 0 radical (unpaired) electrons. The predicted octanol–water partition coefficient (Wildman–Crippen LogP) is 3.73. The molecular formula is C22H25NO4. The van der Waals surface area contributed by atoms with Crippen molar-refractivity contribution in [3.8, 4) is 0 Å². The Labute approximate surface area is 159 Å². The lowest BCUT2D eigenvalue weighted by Crippen LogP contribution is -2.45. The van der Waals surface area contributed by atoms with Crippen LogP contribution in [0, 0.1) is 5.92 Å². The van der Waals surface area contributed by atoms with Crippen molar-refractivity contribution in [1.29, 1.82) is 0 Å². The van der Waals surface area contributed by atoms with Gasteiger partial charge in [0.25, 0.3) is 0 Å². The number of carbonyl (C=O) groups is 2. The van der Waals surface area contributed by atoms with Gasteiger partial charge in [0.2, 0.25) is 5.91 Å². The zero-order valence-electron chi connectivity index (χ0n) is 15.4. The number of amides is 1. The van der Waals surface area contributed by atoms with Gasteiger partial charge >= 0.3 is 5.97 Å². The number of furan rings is 1. The van der Waals surface area contributed by atoms with Crippen LogP contribution in [0.2, 0.25) is 0 Å². The maximum Gasteiger partial charge on any atom is 0.307 e. The van der Waals surface area contributed by atoms with Gasteiger partial charge in [0.1, 0.15) is 11.4 Å². The molecule has 1 saturated carbocycles. The van der Waals surface area contributed by atoms with Crippen LogP contribution in [0.4, 0.5) is 0 Å². The lowest BCUT2D eigenvalue weighted by molar-refractivity contribution is -0.152. The van der Waals surface area contributed by atoms with E-state index in [4.69, 9.17) is 9.15 Å². The Balaban J connectivity index is 1.53. The van der Waals surface area contributed by atoms with Crippen LogP contribution in [-0.2, 0) is 27.3 Å². The topological polar surface area (TPSA) is 59.8 Å². The molecule has 2 aromatic rings. The quantitative estimate of drug-likeness (QED) is 0.730. The Morgan fingerprint density at radius 2 is 1.89 bits per heavy atom. The molecule has 5 nitrogen and oxygen atoms in total. The standard InChI is InChI=1S/C22H25NO4/c24-20-15-19(22(27-20)11-4-5-12-22)21(25)23(16-18-9-6-14-26-18)13-10-17-7-2-1-3-8-17/h1-3,6-9,14,19H,4-5,10-13,15-16H2. The first kappa shape index (κ1) is 17.8. The van der Waals surface area contributed by atoms with Crippen molar-refractivity contribution in [2.24, 2.45) is 5.92 Å². The third kappa shape index (κ3) is 3.77. The van der Waals surface area contributed by atoms with Gasteiger partial charge in [-0.2, -0.15) is 0 Å². The molecule has 1 unspecified atom stereocenters. The number of nitrogens with zero attached hydrogens (tertiary/aromatic N) is 1. The number of esters is 1. The van der Waals surface area contributed by atoms with Gasteiger partial charge in [-0.15, -0.1) is 0 Å². The van der Waals surface area contributed by atoms with Crippen LogP contribution >= 0.6 is 0 Å². The second kappa shape index (κ2) is 7.59. The molecule has 1 aliphatic heterocycles. The Kier molecular flexibility index (Phi) is 5.01. The van der Waals surface area contributed by atoms with E-state index in [2.05, 4.69) is 12.1 Å². The van der Waals surface area contributed by atoms with Crippen molar-refractivity contribution < 1.29 is 18.7 Å². The minimum absolute atomic E-state index is 0.00933. The van der Waals surface area contributed by atoms with Crippen molar-refractivity contribution in [3.05, 3.63) is 60.1 Å². The SMILES string of the molecule is O=C1CC(C(=O)N(CCc2ccccc2)Cc2ccco2)C2(CCCC2)O1. The summed E-state index contributed by atoms with van der Waals surface area (Å²) >= 11 is 0. The summed E-state index contributed by atoms with van der Waals surface area (Å²) in [5, 5.41) is 0. The maximum absolute atomic E-state index is 13.5. The lowest BCUT2D eigenvalue weighted by Gasteiger charge is -2.32. The number of hydrogen-bond donors (Lipinski definition) is 0. The highest BCUT2D eigenvalue weighted by Gasteiger charge is 2.54. The summed E-state index contributed by atoms with van der Waals surface area (Å²) in [6, 6.07) is 13.8. The maximum atomic E-state index is 13.5. The zero-order chi connectivity index (χ0) is 18.7. The number of ether oxygens (including phenoxy) is 1. The van der Waals surface area contributed by atoms with Crippen LogP contribution in [0.25, 0.3) is 0 Å². The molecule has 1 aromatic carbocycles. The van der Waals surface area contributed by atoms with Gasteiger partial charge in [-0.05, 0) is 49.8 Å². The Morgan fingerprint density at radius 3 is 2.59 bits per heavy atom. The van der Waals surface area contributed by atoms with Gasteiger partial charge < -0.3 is 14.1 Å². The third-order valence-electron chi connectivity index (χ3n) is 5.82. The van der Waals surface area contributed by atoms with Gasteiger partial charge in [-0.3, -0.25) is 9.59 Å². The summed E-state index contributed by atoms with van der Waals surface area (Å²) in [5.41, 5.74) is 0.603. The minimum atomic E-state index is -0.581. The van der Waals surface area contributed by atoms with E-state index in [-0.39, 0.29) is 24.2 Å². The summed E-state index contributed by atoms with van der Waals surface area (Å²) in [5.74, 6) is 0.145. The first-order chi connectivity index (χ1) is 13.2. The molecule has 1 atom stereocenters. The van der Waals surface area contributed by atoms with E-state index in [0.29, 0.717) is 13.1 Å². The second-order valence-corrected chi connectivity index (χ2v) is 7.58. The number of hydrogen-bond acceptors (Lipinski definition) is 4. The fraction of sp³-hybridized carbons (Fsp3) is 0.455. The van der Waals surface area contributed by atoms with Crippen molar-refractivity contribution in [2.45, 2.75) is 50.7 Å². The van der Waals surface area contributed by atoms with E-state index < -0.39 is 5.60 Å². The lowest BCUT2D eigenvalue weighted by atomic mass is 9.84. The molecule has 142 valence electrons. The monoisotopic (exact) mass is 367 g/mol. The third-order valence-corrected chi connectivity index (χ3v) is 5.82. The Bertz CT molecular complexity index is 778. The highest BCUT2D eigenvalue weighted by molar-refractivity contribution is 5.88. The number of rotatable bonds is 6. The highest BCUT2D eigenvalue weighted by Crippen LogP contribution is 2.46. The fourth-order valence-corrected chi connectivity index (χ4v) is 4.42. The number of carbonyl (C=O) groups excluding carboxylic acids is 2. The molecular weight excluding hydrogens is 342 g/mol. The summed E-state index contributed by atoms with van der Waals surface area (Å²) in [6.45, 7) is 1.00. The van der Waals surface area contributed by atoms with E-state index in [0.717, 1.165) is 37.9 Å². The molecule has 1 amide bonds. The number of benzene rings is 1. The van der Waals surface area contributed by atoms with E-state index >= 15 is 0 Å². The molecule has 27 heavy (non-hydrogen) atoms. The molecule has 1 spiro atoms. The van der Waals surface area contributed by atoms with E-state index in [9.17, 15) is 9.59 Å². The average Bonchev–Trinajstić information content (AvgIpc) is 3.42. The van der Waals surface area contributed by atoms with Gasteiger partial charge in [0, 0.05) is 6.54 Å². The van der Waals surface area contributed by atoms with E-state index in [1.54, 1.807) is 6.26 Å². The van der Waals surface area contributed by atoms with Crippen LogP contribution in [0.3, 0.4) is 0 Å². The Hall–Kier alpha value is -2.56. The van der Waals surface area contributed by atoms with E-state index in [1.165, 1.54) is 5.56 Å². The summed E-state index contributed by atoms with van der Waals surface area (Å²) in [7, 11) is 0.